The first-order valence-electron chi connectivity index (χ1n) is 13.7. The number of benzene rings is 1. The Hall–Kier alpha value is -2.65. The van der Waals surface area contributed by atoms with Crippen LogP contribution in [-0.2, 0) is 9.47 Å². The molecule has 12 nitrogen and oxygen atoms in total. The molecule has 40 heavy (non-hydrogen) atoms. The van der Waals surface area contributed by atoms with Gasteiger partial charge in [0.05, 0.1) is 23.7 Å². The van der Waals surface area contributed by atoms with Crippen molar-refractivity contribution in [3.8, 4) is 5.88 Å². The maximum Gasteiger partial charge on any atom is 0.435 e. The molecule has 1 N–H and O–H groups in total. The van der Waals surface area contributed by atoms with Crippen LogP contribution in [0.5, 0.6) is 5.88 Å². The van der Waals surface area contributed by atoms with Gasteiger partial charge < -0.3 is 24.4 Å². The lowest BCUT2D eigenvalue weighted by atomic mass is 9.90. The molecular weight excluding hydrogens is 631 g/mol. The van der Waals surface area contributed by atoms with E-state index in [2.05, 4.69) is 42.8 Å². The number of morpholine rings is 1. The Labute approximate surface area is 247 Å². The monoisotopic (exact) mass is 668 g/mol. The fraction of sp³-hybridized carbons (Fsp3) is 0.630. The largest absolute Gasteiger partial charge is 0.475 e. The molecule has 3 aliphatic rings. The van der Waals surface area contributed by atoms with Crippen LogP contribution in [0.2, 0.25) is 0 Å². The number of hydrogen-bond acceptors (Lipinski definition) is 10. The molecule has 2 atom stereocenters. The summed E-state index contributed by atoms with van der Waals surface area (Å²) >= 11 is 2.18. The van der Waals surface area contributed by atoms with Crippen LogP contribution in [-0.4, -0.2) is 93.8 Å². The number of piperidine rings is 1. The van der Waals surface area contributed by atoms with Crippen molar-refractivity contribution >= 4 is 45.7 Å². The van der Waals surface area contributed by atoms with E-state index in [1.54, 1.807) is 18.3 Å². The summed E-state index contributed by atoms with van der Waals surface area (Å²) in [6.45, 7) is 9.41. The van der Waals surface area contributed by atoms with E-state index in [0.717, 1.165) is 55.8 Å². The van der Waals surface area contributed by atoms with Gasteiger partial charge in [-0.05, 0) is 51.2 Å². The third-order valence-corrected chi connectivity index (χ3v) is 9.64. The Kier molecular flexibility index (Phi) is 8.71. The fourth-order valence-electron chi connectivity index (χ4n) is 5.88. The zero-order chi connectivity index (χ0) is 28.3. The molecule has 13 heteroatoms. The van der Waals surface area contributed by atoms with E-state index in [0.29, 0.717) is 48.3 Å². The zero-order valence-corrected chi connectivity index (χ0v) is 25.2. The Morgan fingerprint density at radius 2 is 2.12 bits per heavy atom. The molecule has 1 aromatic carbocycles. The summed E-state index contributed by atoms with van der Waals surface area (Å²) in [7, 11) is 0. The molecule has 2 unspecified atom stereocenters. The number of nitrogens with one attached hydrogen (secondary N) is 1. The fourth-order valence-corrected chi connectivity index (χ4v) is 6.04. The number of carbonyl (C=O) groups excluding carboxylic acids is 1. The molecule has 0 radical (unpaired) electrons. The second-order valence-electron chi connectivity index (χ2n) is 11.5. The van der Waals surface area contributed by atoms with E-state index < -0.39 is 11.7 Å². The van der Waals surface area contributed by atoms with Gasteiger partial charge in [-0.2, -0.15) is 4.68 Å². The van der Waals surface area contributed by atoms with Crippen molar-refractivity contribution in [3.05, 3.63) is 40.6 Å². The lowest BCUT2D eigenvalue weighted by molar-refractivity contribution is -0.384. The van der Waals surface area contributed by atoms with Crippen molar-refractivity contribution in [2.24, 2.45) is 5.92 Å². The van der Waals surface area contributed by atoms with Crippen molar-refractivity contribution < 1.29 is 23.9 Å². The predicted octanol–water partition coefficient (Wildman–Crippen LogP) is 4.17. The first kappa shape index (κ1) is 28.9. The maximum absolute atomic E-state index is 12.3. The van der Waals surface area contributed by atoms with E-state index in [-0.39, 0.29) is 16.1 Å². The number of rotatable bonds is 10. The maximum atomic E-state index is 12.3. The van der Waals surface area contributed by atoms with Crippen LogP contribution in [0.1, 0.15) is 33.1 Å². The summed E-state index contributed by atoms with van der Waals surface area (Å²) in [4.78, 5) is 28.5. The number of alkyl halides is 1. The average molecular weight is 669 g/mol. The smallest absolute Gasteiger partial charge is 0.435 e. The van der Waals surface area contributed by atoms with E-state index in [4.69, 9.17) is 14.2 Å². The van der Waals surface area contributed by atoms with Gasteiger partial charge in [0.25, 0.3) is 5.69 Å². The molecule has 0 spiro atoms. The summed E-state index contributed by atoms with van der Waals surface area (Å²) in [6.07, 6.45) is 4.04. The van der Waals surface area contributed by atoms with Gasteiger partial charge in [-0.15, -0.1) is 5.10 Å². The minimum absolute atomic E-state index is 0.103. The van der Waals surface area contributed by atoms with Crippen LogP contribution in [0.15, 0.2) is 30.5 Å². The molecular formula is C27H37IN6O6. The minimum atomic E-state index is -0.577. The summed E-state index contributed by atoms with van der Waals surface area (Å²) in [5, 5.41) is 19.7. The van der Waals surface area contributed by atoms with Crippen molar-refractivity contribution in [1.82, 2.24) is 14.7 Å². The number of anilines is 2. The number of nitrogens with zero attached hydrogens (tertiary/aromatic N) is 5. The third kappa shape index (κ3) is 6.79. The number of fused-ring (bicyclic) bond motifs is 2. The number of halogens is 1. The normalized spacial score (nSPS) is 23.2. The molecule has 3 fully saturated rings. The Balaban J connectivity index is 1.20. The molecule has 5 rings (SSSR count). The van der Waals surface area contributed by atoms with Crippen LogP contribution < -0.4 is 15.0 Å². The number of likely N-dealkylation sites (tertiary alicyclic amines) is 1. The highest BCUT2D eigenvalue weighted by molar-refractivity contribution is 14.1. The second-order valence-corrected chi connectivity index (χ2v) is 12.3. The number of aromatic nitrogens is 2. The summed E-state index contributed by atoms with van der Waals surface area (Å²) in [5.41, 5.74) is 0.854. The van der Waals surface area contributed by atoms with Crippen LogP contribution in [0.3, 0.4) is 0 Å². The predicted molar refractivity (Wildman–Crippen MR) is 159 cm³/mol. The van der Waals surface area contributed by atoms with Gasteiger partial charge in [0.15, 0.2) is 0 Å². The molecule has 1 aromatic heterocycles. The molecule has 0 amide bonds. The molecule has 1 aliphatic carbocycles. The first-order valence-corrected chi connectivity index (χ1v) is 15.3. The van der Waals surface area contributed by atoms with Gasteiger partial charge in [-0.1, -0.05) is 22.6 Å². The summed E-state index contributed by atoms with van der Waals surface area (Å²) in [5.74, 6) is 0.894. The molecule has 2 aromatic rings. The van der Waals surface area contributed by atoms with Gasteiger partial charge in [0, 0.05) is 61.2 Å². The van der Waals surface area contributed by atoms with Crippen molar-refractivity contribution in [3.63, 3.8) is 0 Å². The van der Waals surface area contributed by atoms with Crippen molar-refractivity contribution in [2.75, 3.05) is 67.2 Å². The van der Waals surface area contributed by atoms with Crippen molar-refractivity contribution in [1.29, 1.82) is 0 Å². The Bertz CT molecular complexity index is 1220. The van der Waals surface area contributed by atoms with E-state index in [1.807, 2.05) is 26.0 Å². The molecule has 2 saturated heterocycles. The number of nitro benzene ring substituents is 1. The van der Waals surface area contributed by atoms with E-state index in [9.17, 15) is 14.9 Å². The lowest BCUT2D eigenvalue weighted by Gasteiger charge is -2.41. The quantitative estimate of drug-likeness (QED) is 0.171. The third-order valence-electron chi connectivity index (χ3n) is 7.80. The average Bonchev–Trinajstić information content (AvgIpc) is 3.52. The number of ether oxygens (including phenoxy) is 3. The highest BCUT2D eigenvalue weighted by Crippen LogP contribution is 2.44. The van der Waals surface area contributed by atoms with E-state index in [1.165, 1.54) is 0 Å². The van der Waals surface area contributed by atoms with Crippen molar-refractivity contribution in [2.45, 2.75) is 44.2 Å². The van der Waals surface area contributed by atoms with E-state index >= 15 is 0 Å². The standard InChI is InChI=1S/C27H37IN6O6/c1-26(2,18-28)40-25(35)33-8-6-24(30-33)39-14-9-31-17-20-5-7-27(16-20,19-31)29-22-15-21(3-4-23(22)34(36)37)32-10-12-38-13-11-32/h3-4,6,8,15,20,29H,5,7,9-14,16-19H2,1-2H3. The SMILES string of the molecule is CC(C)(CI)OC(=O)n1ccc(OCCN2CC3CCC(Nc4cc(N5CCOCC5)ccc4[N+](=O)[O-])(C3)C2)n1. The highest BCUT2D eigenvalue weighted by atomic mass is 127. The van der Waals surface area contributed by atoms with Gasteiger partial charge >= 0.3 is 6.09 Å². The van der Waals surface area contributed by atoms with Gasteiger partial charge in [-0.3, -0.25) is 15.0 Å². The lowest BCUT2D eigenvalue weighted by Crippen LogP contribution is -2.52. The van der Waals surface area contributed by atoms with Crippen LogP contribution in [0.4, 0.5) is 21.9 Å². The number of carbonyl (C=O) groups is 1. The van der Waals surface area contributed by atoms with Gasteiger partial charge in [0.1, 0.15) is 17.9 Å². The Morgan fingerprint density at radius 3 is 2.88 bits per heavy atom. The second kappa shape index (κ2) is 12.1. The van der Waals surface area contributed by atoms with Gasteiger partial charge in [0.2, 0.25) is 5.88 Å². The zero-order valence-electron chi connectivity index (χ0n) is 23.0. The first-order chi connectivity index (χ1) is 19.2. The molecule has 2 aliphatic heterocycles. The van der Waals surface area contributed by atoms with Gasteiger partial charge in [-0.25, -0.2) is 4.79 Å². The highest BCUT2D eigenvalue weighted by Gasteiger charge is 2.45. The molecule has 3 heterocycles. The summed E-state index contributed by atoms with van der Waals surface area (Å²) in [6, 6.07) is 7.03. The van der Waals surface area contributed by atoms with Crippen LogP contribution in [0.25, 0.3) is 0 Å². The summed E-state index contributed by atoms with van der Waals surface area (Å²) < 4.78 is 18.6. The number of nitro groups is 1. The molecule has 1 saturated carbocycles. The minimum Gasteiger partial charge on any atom is -0.475 e. The Morgan fingerprint density at radius 1 is 1.32 bits per heavy atom. The number of hydrogen-bond donors (Lipinski definition) is 1. The molecule has 2 bridgehead atoms. The molecule has 218 valence electrons. The topological polar surface area (TPSA) is 124 Å². The van der Waals surface area contributed by atoms with Crippen LogP contribution in [0, 0.1) is 16.0 Å². The van der Waals surface area contributed by atoms with Crippen LogP contribution >= 0.6 is 22.6 Å².